The Kier molecular flexibility index (Phi) is 6.82. The highest BCUT2D eigenvalue weighted by molar-refractivity contribution is 5.91. The van der Waals surface area contributed by atoms with Crippen molar-refractivity contribution in [1.82, 2.24) is 4.90 Å². The quantitative estimate of drug-likeness (QED) is 0.650. The Morgan fingerprint density at radius 2 is 1.80 bits per heavy atom. The number of amides is 1. The Hall–Kier alpha value is -3.22. The molecule has 0 unspecified atom stereocenters. The van der Waals surface area contributed by atoms with Gasteiger partial charge >= 0.3 is 5.97 Å². The van der Waals surface area contributed by atoms with Crippen LogP contribution in [0.1, 0.15) is 34.8 Å². The van der Waals surface area contributed by atoms with Crippen LogP contribution < -0.4 is 14.4 Å². The molecule has 0 radical (unpaired) electrons. The zero-order chi connectivity index (χ0) is 21.7. The van der Waals surface area contributed by atoms with Gasteiger partial charge in [0, 0.05) is 31.9 Å². The number of anilines is 1. The van der Waals surface area contributed by atoms with Crippen molar-refractivity contribution >= 4 is 17.6 Å². The molecule has 1 heterocycles. The molecular formula is C23H28N2O5. The highest BCUT2D eigenvalue weighted by atomic mass is 16.5. The molecule has 0 aliphatic carbocycles. The molecule has 0 spiro atoms. The van der Waals surface area contributed by atoms with Crippen LogP contribution in [-0.4, -0.2) is 58.2 Å². The average molecular weight is 412 g/mol. The van der Waals surface area contributed by atoms with Crippen LogP contribution in [0.4, 0.5) is 5.69 Å². The predicted molar refractivity (Wildman–Crippen MR) is 114 cm³/mol. The Morgan fingerprint density at radius 3 is 2.43 bits per heavy atom. The van der Waals surface area contributed by atoms with E-state index in [1.165, 1.54) is 0 Å². The van der Waals surface area contributed by atoms with Crippen molar-refractivity contribution in [2.45, 2.75) is 18.9 Å². The fourth-order valence-corrected chi connectivity index (χ4v) is 3.68. The molecule has 0 N–H and O–H groups in total. The molecule has 1 atom stereocenters. The molecule has 1 aliphatic heterocycles. The summed E-state index contributed by atoms with van der Waals surface area (Å²) < 4.78 is 16.1. The van der Waals surface area contributed by atoms with Crippen LogP contribution in [0.3, 0.4) is 0 Å². The second kappa shape index (κ2) is 9.52. The number of hydrogen-bond acceptors (Lipinski definition) is 6. The first-order valence-corrected chi connectivity index (χ1v) is 9.90. The molecule has 160 valence electrons. The van der Waals surface area contributed by atoms with E-state index in [9.17, 15) is 9.59 Å². The number of rotatable bonds is 7. The molecule has 0 aromatic heterocycles. The summed E-state index contributed by atoms with van der Waals surface area (Å²) >= 11 is 0. The Labute approximate surface area is 177 Å². The summed E-state index contributed by atoms with van der Waals surface area (Å²) in [4.78, 5) is 28.9. The maximum atomic E-state index is 12.8. The van der Waals surface area contributed by atoms with Gasteiger partial charge in [0.05, 0.1) is 25.8 Å². The molecule has 0 saturated carbocycles. The molecular weight excluding hydrogens is 384 g/mol. The lowest BCUT2D eigenvalue weighted by molar-refractivity contribution is -0.135. The lowest BCUT2D eigenvalue weighted by Gasteiger charge is -2.26. The first-order valence-electron chi connectivity index (χ1n) is 9.90. The third-order valence-electron chi connectivity index (χ3n) is 5.32. The van der Waals surface area contributed by atoms with Crippen molar-refractivity contribution in [3.8, 4) is 11.5 Å². The molecule has 1 fully saturated rings. The number of hydrogen-bond donors (Lipinski definition) is 0. The maximum Gasteiger partial charge on any atom is 0.338 e. The van der Waals surface area contributed by atoms with Gasteiger partial charge in [-0.1, -0.05) is 0 Å². The molecule has 1 amide bonds. The summed E-state index contributed by atoms with van der Waals surface area (Å²) in [7, 11) is 7.06. The van der Waals surface area contributed by atoms with Crippen LogP contribution in [-0.2, 0) is 9.53 Å². The van der Waals surface area contributed by atoms with Gasteiger partial charge in [-0.15, -0.1) is 0 Å². The lowest BCUT2D eigenvalue weighted by Crippen LogP contribution is -2.34. The standard InChI is InChI=1S/C23H28N2O5/c1-24(2)17-9-7-16(8-10-17)23(27)30-15-22(26)25-13-5-6-20(25)19-14-18(28-3)11-12-21(19)29-4/h7-12,14,20H,5-6,13,15H2,1-4H3/t20-/m0/s1. The van der Waals surface area contributed by atoms with E-state index in [0.29, 0.717) is 23.6 Å². The lowest BCUT2D eigenvalue weighted by atomic mass is 10.0. The van der Waals surface area contributed by atoms with E-state index in [2.05, 4.69) is 0 Å². The van der Waals surface area contributed by atoms with Crippen LogP contribution in [0.2, 0.25) is 0 Å². The summed E-state index contributed by atoms with van der Waals surface area (Å²) in [6.45, 7) is 0.315. The zero-order valence-corrected chi connectivity index (χ0v) is 17.9. The highest BCUT2D eigenvalue weighted by Crippen LogP contribution is 2.38. The number of ether oxygens (including phenoxy) is 3. The van der Waals surface area contributed by atoms with Gasteiger partial charge in [-0.2, -0.15) is 0 Å². The van der Waals surface area contributed by atoms with Crippen LogP contribution in [0.5, 0.6) is 11.5 Å². The third kappa shape index (κ3) is 4.67. The number of esters is 1. The average Bonchev–Trinajstić information content (AvgIpc) is 3.26. The van der Waals surface area contributed by atoms with Crippen LogP contribution >= 0.6 is 0 Å². The van der Waals surface area contributed by atoms with Gasteiger partial charge in [-0.3, -0.25) is 4.79 Å². The number of nitrogens with zero attached hydrogens (tertiary/aromatic N) is 2. The molecule has 7 nitrogen and oxygen atoms in total. The van der Waals surface area contributed by atoms with Crippen molar-refractivity contribution in [1.29, 1.82) is 0 Å². The van der Waals surface area contributed by atoms with Crippen molar-refractivity contribution in [3.05, 3.63) is 53.6 Å². The van der Waals surface area contributed by atoms with Crippen molar-refractivity contribution in [2.75, 3.05) is 46.4 Å². The highest BCUT2D eigenvalue weighted by Gasteiger charge is 2.32. The van der Waals surface area contributed by atoms with Gasteiger partial charge in [-0.25, -0.2) is 4.79 Å². The van der Waals surface area contributed by atoms with Gasteiger partial charge in [0.2, 0.25) is 0 Å². The number of carbonyl (C=O) groups excluding carboxylic acids is 2. The SMILES string of the molecule is COc1ccc(OC)c([C@@H]2CCCN2C(=O)COC(=O)c2ccc(N(C)C)cc2)c1. The van der Waals surface area contributed by atoms with Crippen LogP contribution in [0.15, 0.2) is 42.5 Å². The van der Waals surface area contributed by atoms with Crippen molar-refractivity contribution < 1.29 is 23.8 Å². The summed E-state index contributed by atoms with van der Waals surface area (Å²) in [6.07, 6.45) is 1.69. The van der Waals surface area contributed by atoms with Gasteiger partial charge in [0.1, 0.15) is 11.5 Å². The molecule has 2 aromatic carbocycles. The van der Waals surface area contributed by atoms with E-state index in [0.717, 1.165) is 24.1 Å². The number of benzene rings is 2. The Balaban J connectivity index is 1.67. The topological polar surface area (TPSA) is 68.3 Å². The first kappa shape index (κ1) is 21.5. The molecule has 3 rings (SSSR count). The Bertz CT molecular complexity index is 895. The fourth-order valence-electron chi connectivity index (χ4n) is 3.68. The first-order chi connectivity index (χ1) is 14.4. The molecule has 30 heavy (non-hydrogen) atoms. The van der Waals surface area contributed by atoms with Gasteiger partial charge in [0.15, 0.2) is 6.61 Å². The number of carbonyl (C=O) groups is 2. The largest absolute Gasteiger partial charge is 0.497 e. The number of likely N-dealkylation sites (tertiary alicyclic amines) is 1. The fraction of sp³-hybridized carbons (Fsp3) is 0.391. The van der Waals surface area contributed by atoms with Crippen LogP contribution in [0.25, 0.3) is 0 Å². The van der Waals surface area contributed by atoms with E-state index < -0.39 is 5.97 Å². The zero-order valence-electron chi connectivity index (χ0n) is 17.9. The van der Waals surface area contributed by atoms with Gasteiger partial charge in [0.25, 0.3) is 5.91 Å². The summed E-state index contributed by atoms with van der Waals surface area (Å²) in [5, 5.41) is 0. The minimum absolute atomic E-state index is 0.138. The molecule has 0 bridgehead atoms. The molecule has 1 aliphatic rings. The summed E-state index contributed by atoms with van der Waals surface area (Å²) in [5.41, 5.74) is 2.30. The molecule has 2 aromatic rings. The van der Waals surface area contributed by atoms with Crippen LogP contribution in [0, 0.1) is 0 Å². The van der Waals surface area contributed by atoms with E-state index in [1.807, 2.05) is 49.3 Å². The second-order valence-corrected chi connectivity index (χ2v) is 7.37. The third-order valence-corrected chi connectivity index (χ3v) is 5.32. The van der Waals surface area contributed by atoms with E-state index >= 15 is 0 Å². The monoisotopic (exact) mass is 412 g/mol. The maximum absolute atomic E-state index is 12.8. The number of methoxy groups -OCH3 is 2. The smallest absolute Gasteiger partial charge is 0.338 e. The van der Waals surface area contributed by atoms with E-state index in [-0.39, 0.29) is 18.6 Å². The summed E-state index contributed by atoms with van der Waals surface area (Å²) in [6, 6.07) is 12.5. The van der Waals surface area contributed by atoms with Crippen molar-refractivity contribution in [3.63, 3.8) is 0 Å². The summed E-state index contributed by atoms with van der Waals surface area (Å²) in [5.74, 6) is 0.681. The van der Waals surface area contributed by atoms with Gasteiger partial charge < -0.3 is 24.0 Å². The van der Waals surface area contributed by atoms with Gasteiger partial charge in [-0.05, 0) is 55.3 Å². The van der Waals surface area contributed by atoms with Crippen molar-refractivity contribution in [2.24, 2.45) is 0 Å². The molecule has 1 saturated heterocycles. The predicted octanol–water partition coefficient (Wildman–Crippen LogP) is 3.29. The normalized spacial score (nSPS) is 15.6. The minimum atomic E-state index is -0.511. The minimum Gasteiger partial charge on any atom is -0.497 e. The Morgan fingerprint density at radius 1 is 1.07 bits per heavy atom. The van der Waals surface area contributed by atoms with E-state index in [4.69, 9.17) is 14.2 Å². The van der Waals surface area contributed by atoms with E-state index in [1.54, 1.807) is 31.3 Å². The molecule has 7 heteroatoms. The second-order valence-electron chi connectivity index (χ2n) is 7.37.